The molecule has 144 valence electrons. The van der Waals surface area contributed by atoms with Crippen molar-refractivity contribution in [2.75, 3.05) is 18.4 Å². The zero-order chi connectivity index (χ0) is 19.0. The molecule has 7 nitrogen and oxygen atoms in total. The summed E-state index contributed by atoms with van der Waals surface area (Å²) in [6.45, 7) is 1.02. The number of amides is 3. The first-order chi connectivity index (χ1) is 13.0. The molecule has 0 unspecified atom stereocenters. The lowest BCUT2D eigenvalue weighted by Gasteiger charge is -2.47. The molecule has 1 aromatic carbocycles. The first-order valence-corrected chi connectivity index (χ1v) is 9.67. The molecule has 0 bridgehead atoms. The first kappa shape index (κ1) is 18.0. The number of carbonyl (C=O) groups is 3. The van der Waals surface area contributed by atoms with Crippen LogP contribution in [0.5, 0.6) is 0 Å². The monoisotopic (exact) mass is 371 g/mol. The Hall–Kier alpha value is -2.41. The van der Waals surface area contributed by atoms with Crippen LogP contribution in [0.3, 0.4) is 0 Å². The van der Waals surface area contributed by atoms with Crippen LogP contribution in [0.4, 0.5) is 5.69 Å². The lowest BCUT2D eigenvalue weighted by atomic mass is 9.71. The van der Waals surface area contributed by atoms with E-state index in [2.05, 4.69) is 10.6 Å². The Labute approximate surface area is 158 Å². The van der Waals surface area contributed by atoms with E-state index in [-0.39, 0.29) is 30.1 Å². The van der Waals surface area contributed by atoms with Crippen molar-refractivity contribution < 1.29 is 19.5 Å². The summed E-state index contributed by atoms with van der Waals surface area (Å²) in [6.07, 6.45) is 4.36. The van der Waals surface area contributed by atoms with Gasteiger partial charge in [0.05, 0.1) is 23.3 Å². The Balaban J connectivity index is 1.43. The van der Waals surface area contributed by atoms with E-state index in [0.717, 1.165) is 25.7 Å². The minimum Gasteiger partial charge on any atom is -0.389 e. The number of nitrogens with one attached hydrogen (secondary N) is 2. The number of anilines is 1. The van der Waals surface area contributed by atoms with Gasteiger partial charge in [0.25, 0.3) is 5.91 Å². The second kappa shape index (κ2) is 6.96. The number of hydrogen-bond donors (Lipinski definition) is 3. The molecule has 7 heteroatoms. The van der Waals surface area contributed by atoms with Crippen LogP contribution >= 0.6 is 0 Å². The second-order valence-electron chi connectivity index (χ2n) is 7.90. The van der Waals surface area contributed by atoms with E-state index in [1.807, 2.05) is 0 Å². The molecule has 3 aliphatic rings. The number of fused-ring (bicyclic) bond motifs is 2. The minimum atomic E-state index is -0.899. The van der Waals surface area contributed by atoms with Crippen LogP contribution in [0.15, 0.2) is 24.3 Å². The van der Waals surface area contributed by atoms with Crippen molar-refractivity contribution in [3.05, 3.63) is 29.8 Å². The van der Waals surface area contributed by atoms with Crippen molar-refractivity contribution in [2.24, 2.45) is 5.92 Å². The highest BCUT2D eigenvalue weighted by molar-refractivity contribution is 6.10. The van der Waals surface area contributed by atoms with Gasteiger partial charge in [-0.3, -0.25) is 14.4 Å². The second-order valence-corrected chi connectivity index (χ2v) is 7.90. The maximum Gasteiger partial charge on any atom is 0.254 e. The number of benzene rings is 1. The van der Waals surface area contributed by atoms with E-state index < -0.39 is 11.6 Å². The van der Waals surface area contributed by atoms with E-state index in [9.17, 15) is 19.5 Å². The third kappa shape index (κ3) is 3.43. The van der Waals surface area contributed by atoms with Crippen molar-refractivity contribution in [3.8, 4) is 0 Å². The van der Waals surface area contributed by atoms with Crippen LogP contribution in [0.25, 0.3) is 0 Å². The van der Waals surface area contributed by atoms with E-state index >= 15 is 0 Å². The largest absolute Gasteiger partial charge is 0.389 e. The van der Waals surface area contributed by atoms with Crippen LogP contribution in [0, 0.1) is 5.92 Å². The first-order valence-electron chi connectivity index (χ1n) is 9.67. The lowest BCUT2D eigenvalue weighted by molar-refractivity contribution is -0.144. The van der Waals surface area contributed by atoms with E-state index in [1.54, 1.807) is 29.2 Å². The van der Waals surface area contributed by atoms with Gasteiger partial charge in [-0.25, -0.2) is 0 Å². The summed E-state index contributed by atoms with van der Waals surface area (Å²) in [6, 6.07) is 5.89. The smallest absolute Gasteiger partial charge is 0.254 e. The zero-order valence-electron chi connectivity index (χ0n) is 15.2. The van der Waals surface area contributed by atoms with Crippen molar-refractivity contribution >= 4 is 23.4 Å². The van der Waals surface area contributed by atoms with Crippen molar-refractivity contribution in [1.29, 1.82) is 0 Å². The summed E-state index contributed by atoms with van der Waals surface area (Å²) in [5.41, 5.74) is 0.205. The number of piperidine rings is 1. The molecule has 27 heavy (non-hydrogen) atoms. The highest BCUT2D eigenvalue weighted by Crippen LogP contribution is 2.39. The molecule has 0 aromatic heterocycles. The standard InChI is InChI=1S/C20H25N3O4/c24-17(23-10-9-20(27)8-4-3-5-13(20)12-23)11-16-19(26)21-15-7-2-1-6-14(15)18(25)22-16/h1-2,6-7,13,16,27H,3-5,8-12H2,(H,21,26)(H,22,25)/t13-,16+,20+/m0/s1. The minimum absolute atomic E-state index is 0.0727. The van der Waals surface area contributed by atoms with Gasteiger partial charge >= 0.3 is 0 Å². The molecule has 3 amide bonds. The average Bonchev–Trinajstić information content (AvgIpc) is 2.77. The fourth-order valence-electron chi connectivity index (χ4n) is 4.56. The van der Waals surface area contributed by atoms with Gasteiger partial charge < -0.3 is 20.6 Å². The van der Waals surface area contributed by atoms with Crippen LogP contribution in [-0.2, 0) is 9.59 Å². The van der Waals surface area contributed by atoms with Gasteiger partial charge in [0.2, 0.25) is 11.8 Å². The highest BCUT2D eigenvalue weighted by atomic mass is 16.3. The number of likely N-dealkylation sites (tertiary alicyclic amines) is 1. The lowest BCUT2D eigenvalue weighted by Crippen LogP contribution is -2.55. The van der Waals surface area contributed by atoms with Gasteiger partial charge in [0.1, 0.15) is 6.04 Å². The van der Waals surface area contributed by atoms with Gasteiger partial charge in [-0.2, -0.15) is 0 Å². The highest BCUT2D eigenvalue weighted by Gasteiger charge is 2.44. The van der Waals surface area contributed by atoms with E-state index in [0.29, 0.717) is 30.8 Å². The normalized spacial score (nSPS) is 30.5. The summed E-state index contributed by atoms with van der Waals surface area (Å²) in [5.74, 6) is -0.797. The number of rotatable bonds is 2. The molecule has 4 rings (SSSR count). The Morgan fingerprint density at radius 3 is 2.89 bits per heavy atom. The number of para-hydroxylation sites is 1. The molecule has 1 saturated carbocycles. The molecule has 2 fully saturated rings. The van der Waals surface area contributed by atoms with Crippen LogP contribution in [0.1, 0.15) is 48.9 Å². The summed E-state index contributed by atoms with van der Waals surface area (Å²) < 4.78 is 0. The van der Waals surface area contributed by atoms with Crippen molar-refractivity contribution in [1.82, 2.24) is 10.2 Å². The van der Waals surface area contributed by atoms with Crippen LogP contribution in [-0.4, -0.2) is 52.5 Å². The van der Waals surface area contributed by atoms with Gasteiger partial charge in [-0.15, -0.1) is 0 Å². The van der Waals surface area contributed by atoms with Gasteiger partial charge in [-0.1, -0.05) is 25.0 Å². The molecular formula is C20H25N3O4. The van der Waals surface area contributed by atoms with Crippen molar-refractivity contribution in [2.45, 2.75) is 50.2 Å². The number of hydrogen-bond acceptors (Lipinski definition) is 4. The Morgan fingerprint density at radius 1 is 1.22 bits per heavy atom. The predicted molar refractivity (Wildman–Crippen MR) is 99.0 cm³/mol. The van der Waals surface area contributed by atoms with Crippen LogP contribution < -0.4 is 10.6 Å². The Kier molecular flexibility index (Phi) is 4.63. The van der Waals surface area contributed by atoms with E-state index in [1.165, 1.54) is 0 Å². The maximum absolute atomic E-state index is 12.8. The molecule has 1 aromatic rings. The fourth-order valence-corrected chi connectivity index (χ4v) is 4.56. The Bertz CT molecular complexity index is 780. The summed E-state index contributed by atoms with van der Waals surface area (Å²) in [5, 5.41) is 16.2. The fraction of sp³-hybridized carbons (Fsp3) is 0.550. The SMILES string of the molecule is O=C1N[C@H](CC(=O)N2CC[C@]3(O)CCCC[C@H]3C2)C(=O)Nc2ccccc21. The third-order valence-corrected chi connectivity index (χ3v) is 6.21. The molecule has 0 spiro atoms. The average molecular weight is 371 g/mol. The molecule has 0 radical (unpaired) electrons. The molecular weight excluding hydrogens is 346 g/mol. The summed E-state index contributed by atoms with van der Waals surface area (Å²) >= 11 is 0. The maximum atomic E-state index is 12.8. The van der Waals surface area contributed by atoms with Gasteiger partial charge in [-0.05, 0) is 31.4 Å². The topological polar surface area (TPSA) is 98.7 Å². The number of carbonyl (C=O) groups excluding carboxylic acids is 3. The number of aliphatic hydroxyl groups is 1. The molecule has 2 heterocycles. The molecule has 3 atom stereocenters. The van der Waals surface area contributed by atoms with Gasteiger partial charge in [0, 0.05) is 19.0 Å². The van der Waals surface area contributed by atoms with E-state index in [4.69, 9.17) is 0 Å². The number of nitrogens with zero attached hydrogens (tertiary/aromatic N) is 1. The summed E-state index contributed by atoms with van der Waals surface area (Å²) in [7, 11) is 0. The van der Waals surface area contributed by atoms with Crippen LogP contribution in [0.2, 0.25) is 0 Å². The molecule has 1 saturated heterocycles. The molecule has 3 N–H and O–H groups in total. The Morgan fingerprint density at radius 2 is 2.04 bits per heavy atom. The van der Waals surface area contributed by atoms with Crippen molar-refractivity contribution in [3.63, 3.8) is 0 Å². The molecule has 2 aliphatic heterocycles. The zero-order valence-corrected chi connectivity index (χ0v) is 15.2. The quantitative estimate of drug-likeness (QED) is 0.729. The summed E-state index contributed by atoms with van der Waals surface area (Å²) in [4.78, 5) is 39.4. The van der Waals surface area contributed by atoms with Gasteiger partial charge in [0.15, 0.2) is 0 Å². The molecule has 1 aliphatic carbocycles. The predicted octanol–water partition coefficient (Wildman–Crippen LogP) is 1.28. The third-order valence-electron chi connectivity index (χ3n) is 6.21.